The second-order valence-corrected chi connectivity index (χ2v) is 5.32. The second kappa shape index (κ2) is 5.49. The molecule has 0 N–H and O–H groups in total. The smallest absolute Gasteiger partial charge is 0.199 e. The highest BCUT2D eigenvalue weighted by Crippen LogP contribution is 2.25. The van der Waals surface area contributed by atoms with Gasteiger partial charge in [0, 0.05) is 6.42 Å². The second-order valence-electron chi connectivity index (χ2n) is 5.32. The number of rotatable bonds is 3. The summed E-state index contributed by atoms with van der Waals surface area (Å²) in [6, 6.07) is 26.7. The van der Waals surface area contributed by atoms with E-state index in [9.17, 15) is 0 Å². The highest BCUT2D eigenvalue weighted by atomic mass is 16.3. The van der Waals surface area contributed by atoms with Crippen molar-refractivity contribution in [2.75, 3.05) is 0 Å². The van der Waals surface area contributed by atoms with Crippen molar-refractivity contribution in [3.63, 3.8) is 0 Å². The van der Waals surface area contributed by atoms with Crippen molar-refractivity contribution in [3.8, 4) is 11.1 Å². The molecule has 0 spiro atoms. The molecule has 2 nitrogen and oxygen atoms in total. The zero-order valence-corrected chi connectivity index (χ0v) is 12.1. The molecule has 4 rings (SSSR count). The molecule has 2 heteroatoms. The zero-order chi connectivity index (χ0) is 14.8. The summed E-state index contributed by atoms with van der Waals surface area (Å²) in [6.45, 7) is 0. The fourth-order valence-electron chi connectivity index (χ4n) is 2.63. The van der Waals surface area contributed by atoms with Gasteiger partial charge in [0.15, 0.2) is 11.5 Å². The lowest BCUT2D eigenvalue weighted by molar-refractivity contribution is 0.544. The van der Waals surface area contributed by atoms with Gasteiger partial charge in [-0.15, -0.1) is 0 Å². The summed E-state index contributed by atoms with van der Waals surface area (Å²) < 4.78 is 5.85. The van der Waals surface area contributed by atoms with Gasteiger partial charge in [-0.3, -0.25) is 0 Å². The molecule has 0 radical (unpaired) electrons. The van der Waals surface area contributed by atoms with Gasteiger partial charge < -0.3 is 4.42 Å². The Morgan fingerprint density at radius 1 is 0.727 bits per heavy atom. The first-order valence-electron chi connectivity index (χ1n) is 7.37. The summed E-state index contributed by atoms with van der Waals surface area (Å²) in [4.78, 5) is 4.63. The maximum absolute atomic E-state index is 5.85. The lowest BCUT2D eigenvalue weighted by Crippen LogP contribution is -1.86. The molecule has 0 aliphatic carbocycles. The first kappa shape index (κ1) is 12.8. The summed E-state index contributed by atoms with van der Waals surface area (Å²) in [5.41, 5.74) is 5.31. The Kier molecular flexibility index (Phi) is 3.20. The topological polar surface area (TPSA) is 26.0 Å². The first-order valence-corrected chi connectivity index (χ1v) is 7.37. The highest BCUT2D eigenvalue weighted by Gasteiger charge is 2.08. The number of aromatic nitrogens is 1. The SMILES string of the molecule is c1ccc(Cc2nc3cc(-c4ccccc4)ccc3o2)cc1. The first-order chi connectivity index (χ1) is 10.9. The Morgan fingerprint density at radius 2 is 1.45 bits per heavy atom. The van der Waals surface area contributed by atoms with Gasteiger partial charge in [-0.25, -0.2) is 4.98 Å². The van der Waals surface area contributed by atoms with Crippen molar-refractivity contribution >= 4 is 11.1 Å². The summed E-state index contributed by atoms with van der Waals surface area (Å²) in [7, 11) is 0. The zero-order valence-electron chi connectivity index (χ0n) is 12.1. The molecule has 4 aromatic rings. The Hall–Kier alpha value is -2.87. The largest absolute Gasteiger partial charge is 0.440 e. The number of hydrogen-bond acceptors (Lipinski definition) is 2. The van der Waals surface area contributed by atoms with Gasteiger partial charge in [-0.1, -0.05) is 66.7 Å². The molecule has 0 aliphatic heterocycles. The maximum atomic E-state index is 5.85. The molecular weight excluding hydrogens is 270 g/mol. The summed E-state index contributed by atoms with van der Waals surface area (Å²) in [6.07, 6.45) is 0.718. The quantitative estimate of drug-likeness (QED) is 0.524. The Morgan fingerprint density at radius 3 is 2.23 bits per heavy atom. The molecule has 1 heterocycles. The standard InChI is InChI=1S/C20H15NO/c1-3-7-15(8-4-1)13-20-21-18-14-17(11-12-19(18)22-20)16-9-5-2-6-10-16/h1-12,14H,13H2. The average Bonchev–Trinajstić information content (AvgIpc) is 2.98. The van der Waals surface area contributed by atoms with Crippen molar-refractivity contribution in [2.24, 2.45) is 0 Å². The van der Waals surface area contributed by atoms with E-state index in [2.05, 4.69) is 41.4 Å². The van der Waals surface area contributed by atoms with E-state index in [1.807, 2.05) is 42.5 Å². The minimum atomic E-state index is 0.718. The van der Waals surface area contributed by atoms with Crippen LogP contribution in [0.5, 0.6) is 0 Å². The van der Waals surface area contributed by atoms with Crippen molar-refractivity contribution < 1.29 is 4.42 Å². The van der Waals surface area contributed by atoms with Crippen LogP contribution in [0.2, 0.25) is 0 Å². The fraction of sp³-hybridized carbons (Fsp3) is 0.0500. The van der Waals surface area contributed by atoms with Gasteiger partial charge in [0.05, 0.1) is 0 Å². The van der Waals surface area contributed by atoms with Gasteiger partial charge in [0.2, 0.25) is 0 Å². The lowest BCUT2D eigenvalue weighted by Gasteiger charge is -1.99. The van der Waals surface area contributed by atoms with Crippen LogP contribution in [0.15, 0.2) is 83.3 Å². The van der Waals surface area contributed by atoms with Crippen molar-refractivity contribution in [1.29, 1.82) is 0 Å². The van der Waals surface area contributed by atoms with Crippen LogP contribution in [0.3, 0.4) is 0 Å². The molecule has 3 aromatic carbocycles. The molecule has 106 valence electrons. The number of fused-ring (bicyclic) bond motifs is 1. The molecule has 1 aromatic heterocycles. The van der Waals surface area contributed by atoms with Crippen LogP contribution in [0.25, 0.3) is 22.2 Å². The van der Waals surface area contributed by atoms with Crippen LogP contribution in [0, 0.1) is 0 Å². The molecule has 0 saturated heterocycles. The van der Waals surface area contributed by atoms with Gasteiger partial charge in [-0.2, -0.15) is 0 Å². The fourth-order valence-corrected chi connectivity index (χ4v) is 2.63. The highest BCUT2D eigenvalue weighted by molar-refractivity contribution is 5.80. The van der Waals surface area contributed by atoms with Crippen molar-refractivity contribution in [2.45, 2.75) is 6.42 Å². The maximum Gasteiger partial charge on any atom is 0.199 e. The monoisotopic (exact) mass is 285 g/mol. The van der Waals surface area contributed by atoms with Crippen LogP contribution in [0.1, 0.15) is 11.5 Å². The summed E-state index contributed by atoms with van der Waals surface area (Å²) in [5.74, 6) is 0.756. The average molecular weight is 285 g/mol. The van der Waals surface area contributed by atoms with E-state index in [1.165, 1.54) is 11.1 Å². The number of hydrogen-bond donors (Lipinski definition) is 0. The number of nitrogens with zero attached hydrogens (tertiary/aromatic N) is 1. The molecule has 22 heavy (non-hydrogen) atoms. The Labute approximate surface area is 129 Å². The predicted octanol–water partition coefficient (Wildman–Crippen LogP) is 5.09. The molecule has 0 atom stereocenters. The van der Waals surface area contributed by atoms with Crippen LogP contribution >= 0.6 is 0 Å². The van der Waals surface area contributed by atoms with Gasteiger partial charge in [-0.05, 0) is 28.8 Å². The normalized spacial score (nSPS) is 10.9. The summed E-state index contributed by atoms with van der Waals surface area (Å²) in [5, 5.41) is 0. The van der Waals surface area contributed by atoms with Gasteiger partial charge in [0.1, 0.15) is 5.52 Å². The predicted molar refractivity (Wildman–Crippen MR) is 88.7 cm³/mol. The van der Waals surface area contributed by atoms with Crippen LogP contribution < -0.4 is 0 Å². The molecule has 0 aliphatic rings. The van der Waals surface area contributed by atoms with E-state index in [0.717, 1.165) is 29.0 Å². The van der Waals surface area contributed by atoms with E-state index < -0.39 is 0 Å². The van der Waals surface area contributed by atoms with E-state index >= 15 is 0 Å². The number of benzene rings is 3. The third kappa shape index (κ3) is 2.51. The molecule has 0 amide bonds. The summed E-state index contributed by atoms with van der Waals surface area (Å²) >= 11 is 0. The van der Waals surface area contributed by atoms with Crippen molar-refractivity contribution in [3.05, 3.63) is 90.3 Å². The molecular formula is C20H15NO. The van der Waals surface area contributed by atoms with E-state index in [0.29, 0.717) is 0 Å². The van der Waals surface area contributed by atoms with E-state index in [4.69, 9.17) is 4.42 Å². The molecule has 0 fully saturated rings. The lowest BCUT2D eigenvalue weighted by atomic mass is 10.1. The van der Waals surface area contributed by atoms with E-state index in [1.54, 1.807) is 0 Å². The Bertz CT molecular complexity index is 895. The van der Waals surface area contributed by atoms with Crippen LogP contribution in [0.4, 0.5) is 0 Å². The molecule has 0 bridgehead atoms. The number of oxazole rings is 1. The van der Waals surface area contributed by atoms with Crippen LogP contribution in [-0.2, 0) is 6.42 Å². The Balaban J connectivity index is 1.69. The van der Waals surface area contributed by atoms with Gasteiger partial charge in [0.25, 0.3) is 0 Å². The van der Waals surface area contributed by atoms with Gasteiger partial charge >= 0.3 is 0 Å². The van der Waals surface area contributed by atoms with Crippen LogP contribution in [-0.4, -0.2) is 4.98 Å². The van der Waals surface area contributed by atoms with E-state index in [-0.39, 0.29) is 0 Å². The van der Waals surface area contributed by atoms with Crippen molar-refractivity contribution in [1.82, 2.24) is 4.98 Å². The molecule has 0 saturated carbocycles. The third-order valence-corrected chi connectivity index (χ3v) is 3.74. The molecule has 0 unspecified atom stereocenters. The minimum absolute atomic E-state index is 0.718. The third-order valence-electron chi connectivity index (χ3n) is 3.74. The minimum Gasteiger partial charge on any atom is -0.440 e.